The van der Waals surface area contributed by atoms with Crippen LogP contribution in [0.15, 0.2) is 18.2 Å². The van der Waals surface area contributed by atoms with Crippen LogP contribution in [0.3, 0.4) is 0 Å². The van der Waals surface area contributed by atoms with E-state index in [9.17, 15) is 9.59 Å². The summed E-state index contributed by atoms with van der Waals surface area (Å²) < 4.78 is 10.6. The van der Waals surface area contributed by atoms with Gasteiger partial charge >= 0.3 is 0 Å². The molecule has 3 rings (SSSR count). The van der Waals surface area contributed by atoms with Crippen LogP contribution >= 0.6 is 0 Å². The molecule has 2 aromatic rings. The molecule has 7 nitrogen and oxygen atoms in total. The number of amides is 1. The fourth-order valence-corrected chi connectivity index (χ4v) is 2.92. The topological polar surface area (TPSA) is 93.3 Å². The molecule has 1 atom stereocenters. The Morgan fingerprint density at radius 1 is 1.26 bits per heavy atom. The van der Waals surface area contributed by atoms with Gasteiger partial charge in [0.25, 0.3) is 0 Å². The Morgan fingerprint density at radius 3 is 2.52 bits per heavy atom. The molecule has 0 saturated heterocycles. The first kappa shape index (κ1) is 15.1. The zero-order chi connectivity index (χ0) is 16.6. The number of hydrogen-bond donors (Lipinski definition) is 2. The first-order chi connectivity index (χ1) is 11.1. The molecular formula is C16H17N3O4. The molecule has 2 N–H and O–H groups in total. The normalized spacial score (nSPS) is 16.5. The van der Waals surface area contributed by atoms with Crippen LogP contribution in [0.1, 0.15) is 34.0 Å². The number of Topliss-reactive ketones (excluding diaryl/α,β-unsaturated/α-hetero) is 1. The summed E-state index contributed by atoms with van der Waals surface area (Å²) in [5.41, 5.74) is 1.80. The number of methoxy groups -OCH3 is 2. The van der Waals surface area contributed by atoms with Gasteiger partial charge in [0.1, 0.15) is 17.1 Å². The molecule has 0 fully saturated rings. The molecule has 0 spiro atoms. The van der Waals surface area contributed by atoms with E-state index in [0.717, 1.165) is 5.69 Å². The van der Waals surface area contributed by atoms with Crippen molar-refractivity contribution in [2.24, 2.45) is 0 Å². The van der Waals surface area contributed by atoms with Gasteiger partial charge in [-0.15, -0.1) is 0 Å². The fraction of sp³-hybridized carbons (Fsp3) is 0.312. The summed E-state index contributed by atoms with van der Waals surface area (Å²) in [6, 6.07) is 5.14. The van der Waals surface area contributed by atoms with Gasteiger partial charge < -0.3 is 14.8 Å². The highest BCUT2D eigenvalue weighted by Gasteiger charge is 2.36. The standard InChI is InChI=1S/C16H17N3O4/c1-8-13-9(7-12(20)17-16(13)19-18-8)15(21)14-10(22-2)5-4-6-11(14)23-3/h4-6,9H,7H2,1-3H3,(H2,17,18,19,20). The average molecular weight is 315 g/mol. The number of aromatic amines is 1. The number of carbonyl (C=O) groups is 2. The van der Waals surface area contributed by atoms with Crippen molar-refractivity contribution in [1.82, 2.24) is 10.2 Å². The molecule has 0 saturated carbocycles. The number of ether oxygens (including phenoxy) is 2. The van der Waals surface area contributed by atoms with Gasteiger partial charge in [0, 0.05) is 17.7 Å². The first-order valence-electron chi connectivity index (χ1n) is 7.16. The summed E-state index contributed by atoms with van der Waals surface area (Å²) >= 11 is 0. The van der Waals surface area contributed by atoms with Crippen LogP contribution in [0.25, 0.3) is 0 Å². The summed E-state index contributed by atoms with van der Waals surface area (Å²) in [6.45, 7) is 1.82. The van der Waals surface area contributed by atoms with Gasteiger partial charge in [-0.1, -0.05) is 6.07 Å². The Hall–Kier alpha value is -2.83. The third kappa shape index (κ3) is 2.44. The molecule has 1 unspecified atom stereocenters. The van der Waals surface area contributed by atoms with Crippen molar-refractivity contribution in [3.63, 3.8) is 0 Å². The number of aromatic nitrogens is 2. The largest absolute Gasteiger partial charge is 0.496 e. The van der Waals surface area contributed by atoms with Gasteiger partial charge in [0.2, 0.25) is 5.91 Å². The van der Waals surface area contributed by atoms with E-state index >= 15 is 0 Å². The number of nitrogens with zero attached hydrogens (tertiary/aromatic N) is 1. The van der Waals surface area contributed by atoms with Crippen LogP contribution in [0.5, 0.6) is 11.5 Å². The predicted molar refractivity (Wildman–Crippen MR) is 83.2 cm³/mol. The number of nitrogens with one attached hydrogen (secondary N) is 2. The lowest BCUT2D eigenvalue weighted by Gasteiger charge is -2.23. The number of benzene rings is 1. The molecule has 0 aliphatic carbocycles. The maximum Gasteiger partial charge on any atom is 0.226 e. The number of rotatable bonds is 4. The second kappa shape index (κ2) is 5.75. The highest BCUT2D eigenvalue weighted by Crippen LogP contribution is 2.39. The minimum absolute atomic E-state index is 0.0629. The number of carbonyl (C=O) groups excluding carboxylic acids is 2. The molecule has 0 bridgehead atoms. The van der Waals surface area contributed by atoms with Gasteiger partial charge in [-0.3, -0.25) is 14.7 Å². The zero-order valence-corrected chi connectivity index (χ0v) is 13.1. The van der Waals surface area contributed by atoms with Gasteiger partial charge in [-0.25, -0.2) is 0 Å². The van der Waals surface area contributed by atoms with E-state index in [2.05, 4.69) is 15.5 Å². The number of anilines is 1. The molecule has 0 radical (unpaired) electrons. The van der Waals surface area contributed by atoms with E-state index in [4.69, 9.17) is 9.47 Å². The maximum atomic E-state index is 13.1. The molecule has 7 heteroatoms. The molecule has 1 aromatic carbocycles. The zero-order valence-electron chi connectivity index (χ0n) is 13.1. The van der Waals surface area contributed by atoms with Crippen molar-refractivity contribution in [1.29, 1.82) is 0 Å². The van der Waals surface area contributed by atoms with Crippen molar-refractivity contribution in [2.75, 3.05) is 19.5 Å². The highest BCUT2D eigenvalue weighted by molar-refractivity contribution is 6.10. The summed E-state index contributed by atoms with van der Waals surface area (Å²) in [7, 11) is 2.99. The molecule has 1 aliphatic heterocycles. The van der Waals surface area contributed by atoms with E-state index in [-0.39, 0.29) is 18.1 Å². The number of hydrogen-bond acceptors (Lipinski definition) is 5. The Kier molecular flexibility index (Phi) is 3.77. The van der Waals surface area contributed by atoms with Crippen molar-refractivity contribution >= 4 is 17.5 Å². The second-order valence-corrected chi connectivity index (χ2v) is 5.32. The van der Waals surface area contributed by atoms with Gasteiger partial charge in [0.15, 0.2) is 11.6 Å². The van der Waals surface area contributed by atoms with Gasteiger partial charge in [0.05, 0.1) is 20.1 Å². The molecular weight excluding hydrogens is 298 g/mol. The van der Waals surface area contributed by atoms with Crippen molar-refractivity contribution in [3.8, 4) is 11.5 Å². The average Bonchev–Trinajstić information content (AvgIpc) is 2.93. The lowest BCUT2D eigenvalue weighted by atomic mass is 9.85. The third-order valence-corrected chi connectivity index (χ3v) is 3.98. The monoisotopic (exact) mass is 315 g/mol. The Labute approximate surface area is 133 Å². The molecule has 1 aliphatic rings. The highest BCUT2D eigenvalue weighted by atomic mass is 16.5. The molecule has 1 aromatic heterocycles. The Bertz CT molecular complexity index is 759. The molecule has 1 amide bonds. The first-order valence-corrected chi connectivity index (χ1v) is 7.16. The van der Waals surface area contributed by atoms with Crippen LogP contribution in [0, 0.1) is 6.92 Å². The van der Waals surface area contributed by atoms with E-state index < -0.39 is 5.92 Å². The Balaban J connectivity index is 2.12. The van der Waals surface area contributed by atoms with Crippen LogP contribution < -0.4 is 14.8 Å². The van der Waals surface area contributed by atoms with Gasteiger partial charge in [-0.05, 0) is 19.1 Å². The quantitative estimate of drug-likeness (QED) is 0.842. The molecule has 120 valence electrons. The van der Waals surface area contributed by atoms with Crippen LogP contribution in [0.4, 0.5) is 5.82 Å². The van der Waals surface area contributed by atoms with E-state index in [1.165, 1.54) is 14.2 Å². The minimum Gasteiger partial charge on any atom is -0.496 e. The van der Waals surface area contributed by atoms with Crippen molar-refractivity contribution in [2.45, 2.75) is 19.3 Å². The van der Waals surface area contributed by atoms with Crippen LogP contribution in [-0.2, 0) is 4.79 Å². The second-order valence-electron chi connectivity index (χ2n) is 5.32. The number of ketones is 1. The third-order valence-electron chi connectivity index (χ3n) is 3.98. The maximum absolute atomic E-state index is 13.1. The molecule has 23 heavy (non-hydrogen) atoms. The summed E-state index contributed by atoms with van der Waals surface area (Å²) in [5.74, 6) is 0.163. The summed E-state index contributed by atoms with van der Waals surface area (Å²) in [6.07, 6.45) is 0.0629. The number of H-pyrrole nitrogens is 1. The molecule has 2 heterocycles. The lowest BCUT2D eigenvalue weighted by Crippen LogP contribution is -2.28. The summed E-state index contributed by atoms with van der Waals surface area (Å²) in [5, 5.41) is 9.54. The number of aryl methyl sites for hydroxylation is 1. The lowest BCUT2D eigenvalue weighted by molar-refractivity contribution is -0.116. The van der Waals surface area contributed by atoms with Gasteiger partial charge in [-0.2, -0.15) is 5.10 Å². The fourth-order valence-electron chi connectivity index (χ4n) is 2.92. The van der Waals surface area contributed by atoms with E-state index in [0.29, 0.717) is 28.4 Å². The van der Waals surface area contributed by atoms with Crippen molar-refractivity contribution < 1.29 is 19.1 Å². The minimum atomic E-state index is -0.623. The van der Waals surface area contributed by atoms with E-state index in [1.807, 2.05) is 6.92 Å². The number of fused-ring (bicyclic) bond motifs is 1. The SMILES string of the molecule is COc1cccc(OC)c1C(=O)C1CC(=O)Nc2n[nH]c(C)c21. The predicted octanol–water partition coefficient (Wildman–Crippen LogP) is 2.04. The smallest absolute Gasteiger partial charge is 0.226 e. The summed E-state index contributed by atoms with van der Waals surface area (Å²) in [4.78, 5) is 25.0. The Morgan fingerprint density at radius 2 is 1.91 bits per heavy atom. The van der Waals surface area contributed by atoms with Crippen molar-refractivity contribution in [3.05, 3.63) is 35.0 Å². The van der Waals surface area contributed by atoms with Crippen LogP contribution in [0.2, 0.25) is 0 Å². The van der Waals surface area contributed by atoms with E-state index in [1.54, 1.807) is 18.2 Å². The van der Waals surface area contributed by atoms with Crippen LogP contribution in [-0.4, -0.2) is 36.1 Å².